The van der Waals surface area contributed by atoms with Crippen LogP contribution in [0.2, 0.25) is 0 Å². The fraction of sp³-hybridized carbons (Fsp3) is 0.263. The van der Waals surface area contributed by atoms with Gasteiger partial charge in [0.05, 0.1) is 25.7 Å². The number of aliphatic carboxylic acids is 1. The second kappa shape index (κ2) is 8.73. The van der Waals surface area contributed by atoms with Gasteiger partial charge in [-0.2, -0.15) is 0 Å². The Hall–Kier alpha value is -3.02. The first-order valence-corrected chi connectivity index (χ1v) is 7.82. The monoisotopic (exact) mass is 343 g/mol. The van der Waals surface area contributed by atoms with Crippen LogP contribution in [-0.2, 0) is 11.2 Å². The quantitative estimate of drug-likeness (QED) is 0.769. The lowest BCUT2D eigenvalue weighted by atomic mass is 9.98. The van der Waals surface area contributed by atoms with E-state index < -0.39 is 11.9 Å². The van der Waals surface area contributed by atoms with Gasteiger partial charge < -0.3 is 19.9 Å². The van der Waals surface area contributed by atoms with Crippen molar-refractivity contribution in [2.75, 3.05) is 20.8 Å². The molecule has 0 saturated heterocycles. The van der Waals surface area contributed by atoms with Gasteiger partial charge in [0.25, 0.3) is 5.91 Å². The molecule has 0 aromatic heterocycles. The van der Waals surface area contributed by atoms with Crippen LogP contribution in [0.25, 0.3) is 0 Å². The maximum atomic E-state index is 12.3. The minimum Gasteiger partial charge on any atom is -0.496 e. The average Bonchev–Trinajstić information content (AvgIpc) is 2.64. The zero-order chi connectivity index (χ0) is 18.2. The Bertz CT molecular complexity index is 744. The van der Waals surface area contributed by atoms with E-state index in [4.69, 9.17) is 9.47 Å². The zero-order valence-electron chi connectivity index (χ0n) is 14.2. The number of ether oxygens (including phenoxy) is 2. The van der Waals surface area contributed by atoms with Crippen LogP contribution < -0.4 is 14.8 Å². The molecule has 6 nitrogen and oxygen atoms in total. The molecule has 132 valence electrons. The molecule has 0 bridgehead atoms. The normalized spacial score (nSPS) is 11.4. The van der Waals surface area contributed by atoms with Crippen molar-refractivity contribution in [1.82, 2.24) is 5.32 Å². The Morgan fingerprint density at radius 1 is 1.00 bits per heavy atom. The number of amides is 1. The number of hydrogen-bond acceptors (Lipinski definition) is 4. The molecule has 0 aliphatic rings. The number of carboxylic acid groups (broad SMARTS) is 1. The molecule has 0 saturated carbocycles. The number of para-hydroxylation sites is 2. The summed E-state index contributed by atoms with van der Waals surface area (Å²) in [5, 5.41) is 12.1. The molecule has 0 spiro atoms. The van der Waals surface area contributed by atoms with Crippen LogP contribution >= 0.6 is 0 Å². The van der Waals surface area contributed by atoms with Gasteiger partial charge in [-0.15, -0.1) is 0 Å². The van der Waals surface area contributed by atoms with Crippen LogP contribution in [0, 0.1) is 5.92 Å². The molecule has 1 amide bonds. The van der Waals surface area contributed by atoms with E-state index in [-0.39, 0.29) is 18.9 Å². The summed E-state index contributed by atoms with van der Waals surface area (Å²) in [6.07, 6.45) is 0.256. The van der Waals surface area contributed by atoms with Gasteiger partial charge in [-0.25, -0.2) is 0 Å². The molecule has 6 heteroatoms. The molecule has 0 aliphatic carbocycles. The molecular formula is C19H21NO5. The van der Waals surface area contributed by atoms with Crippen molar-refractivity contribution >= 4 is 11.9 Å². The number of benzene rings is 2. The summed E-state index contributed by atoms with van der Waals surface area (Å²) in [6.45, 7) is 0.00423. The van der Waals surface area contributed by atoms with E-state index in [2.05, 4.69) is 5.32 Å². The molecule has 1 atom stereocenters. The van der Waals surface area contributed by atoms with Crippen molar-refractivity contribution in [3.8, 4) is 11.5 Å². The van der Waals surface area contributed by atoms with Gasteiger partial charge in [-0.05, 0) is 30.2 Å². The van der Waals surface area contributed by atoms with Crippen molar-refractivity contribution in [3.63, 3.8) is 0 Å². The van der Waals surface area contributed by atoms with Crippen LogP contribution in [0.15, 0.2) is 48.5 Å². The van der Waals surface area contributed by atoms with E-state index in [0.29, 0.717) is 17.1 Å². The van der Waals surface area contributed by atoms with Crippen molar-refractivity contribution in [2.24, 2.45) is 5.92 Å². The maximum Gasteiger partial charge on any atom is 0.308 e. The topological polar surface area (TPSA) is 84.9 Å². The summed E-state index contributed by atoms with van der Waals surface area (Å²) >= 11 is 0. The predicted octanol–water partition coefficient (Wildman–Crippen LogP) is 2.38. The second-order valence-corrected chi connectivity index (χ2v) is 5.46. The van der Waals surface area contributed by atoms with Crippen molar-refractivity contribution in [1.29, 1.82) is 0 Å². The van der Waals surface area contributed by atoms with Crippen LogP contribution in [0.3, 0.4) is 0 Å². The highest BCUT2D eigenvalue weighted by atomic mass is 16.5. The lowest BCUT2D eigenvalue weighted by Gasteiger charge is -2.16. The summed E-state index contributed by atoms with van der Waals surface area (Å²) in [7, 11) is 3.02. The molecular weight excluding hydrogens is 322 g/mol. The van der Waals surface area contributed by atoms with Crippen LogP contribution in [0.4, 0.5) is 0 Å². The van der Waals surface area contributed by atoms with Crippen molar-refractivity contribution < 1.29 is 24.2 Å². The summed E-state index contributed by atoms with van der Waals surface area (Å²) in [5.74, 6) is -1.05. The van der Waals surface area contributed by atoms with Crippen LogP contribution in [0.5, 0.6) is 11.5 Å². The number of carbonyl (C=O) groups excluding carboxylic acids is 1. The molecule has 2 N–H and O–H groups in total. The molecule has 0 heterocycles. The molecule has 0 aliphatic heterocycles. The summed E-state index contributed by atoms with van der Waals surface area (Å²) in [6, 6.07) is 14.0. The number of hydrogen-bond donors (Lipinski definition) is 2. The van der Waals surface area contributed by atoms with Crippen molar-refractivity contribution in [3.05, 3.63) is 59.7 Å². The van der Waals surface area contributed by atoms with Crippen LogP contribution in [-0.4, -0.2) is 37.7 Å². The molecule has 2 rings (SSSR count). The smallest absolute Gasteiger partial charge is 0.308 e. The van der Waals surface area contributed by atoms with E-state index >= 15 is 0 Å². The van der Waals surface area contributed by atoms with Crippen LogP contribution in [0.1, 0.15) is 15.9 Å². The standard InChI is InChI=1S/C19H21NO5/c1-24-16-9-5-3-7-13(16)11-14(19(22)23)12-20-18(21)15-8-4-6-10-17(15)25-2/h3-10,14H,11-12H2,1-2H3,(H,20,21)(H,22,23). The average molecular weight is 343 g/mol. The number of carboxylic acids is 1. The number of rotatable bonds is 8. The molecule has 1 unspecified atom stereocenters. The number of nitrogens with one attached hydrogen (secondary N) is 1. The minimum atomic E-state index is -0.980. The molecule has 2 aromatic carbocycles. The van der Waals surface area contributed by atoms with Gasteiger partial charge in [-0.1, -0.05) is 30.3 Å². The summed E-state index contributed by atoms with van der Waals surface area (Å²) in [4.78, 5) is 23.9. The van der Waals surface area contributed by atoms with E-state index in [0.717, 1.165) is 5.56 Å². The summed E-state index contributed by atoms with van der Waals surface area (Å²) in [5.41, 5.74) is 1.15. The fourth-order valence-corrected chi connectivity index (χ4v) is 2.53. The SMILES string of the molecule is COc1ccccc1CC(CNC(=O)c1ccccc1OC)C(=O)O. The first kappa shape index (κ1) is 18.3. The third kappa shape index (κ3) is 4.73. The molecule has 25 heavy (non-hydrogen) atoms. The van der Waals surface area contributed by atoms with E-state index in [1.54, 1.807) is 30.3 Å². The zero-order valence-corrected chi connectivity index (χ0v) is 14.2. The van der Waals surface area contributed by atoms with Gasteiger partial charge in [0, 0.05) is 6.54 Å². The Morgan fingerprint density at radius 3 is 2.24 bits per heavy atom. The Morgan fingerprint density at radius 2 is 1.60 bits per heavy atom. The largest absolute Gasteiger partial charge is 0.496 e. The van der Waals surface area contributed by atoms with E-state index in [9.17, 15) is 14.7 Å². The predicted molar refractivity (Wildman–Crippen MR) is 93.2 cm³/mol. The fourth-order valence-electron chi connectivity index (χ4n) is 2.53. The second-order valence-electron chi connectivity index (χ2n) is 5.46. The first-order valence-electron chi connectivity index (χ1n) is 7.82. The number of carbonyl (C=O) groups is 2. The van der Waals surface area contributed by atoms with Crippen molar-refractivity contribution in [2.45, 2.75) is 6.42 Å². The van der Waals surface area contributed by atoms with Gasteiger partial charge >= 0.3 is 5.97 Å². The third-order valence-electron chi connectivity index (χ3n) is 3.87. The van der Waals surface area contributed by atoms with Gasteiger partial charge in [-0.3, -0.25) is 9.59 Å². The molecule has 0 radical (unpaired) electrons. The highest BCUT2D eigenvalue weighted by molar-refractivity contribution is 5.97. The number of methoxy groups -OCH3 is 2. The Kier molecular flexibility index (Phi) is 6.39. The Labute approximate surface area is 146 Å². The molecule has 0 fully saturated rings. The van der Waals surface area contributed by atoms with Gasteiger partial charge in [0.2, 0.25) is 0 Å². The van der Waals surface area contributed by atoms with E-state index in [1.165, 1.54) is 14.2 Å². The van der Waals surface area contributed by atoms with Gasteiger partial charge in [0.1, 0.15) is 11.5 Å². The first-order chi connectivity index (χ1) is 12.1. The van der Waals surface area contributed by atoms with Gasteiger partial charge in [0.15, 0.2) is 0 Å². The highest BCUT2D eigenvalue weighted by Crippen LogP contribution is 2.21. The highest BCUT2D eigenvalue weighted by Gasteiger charge is 2.21. The summed E-state index contributed by atoms with van der Waals surface area (Å²) < 4.78 is 10.4. The minimum absolute atomic E-state index is 0.00423. The Balaban J connectivity index is 2.07. The maximum absolute atomic E-state index is 12.3. The lowest BCUT2D eigenvalue weighted by molar-refractivity contribution is -0.141. The molecule has 2 aromatic rings. The third-order valence-corrected chi connectivity index (χ3v) is 3.87. The lowest BCUT2D eigenvalue weighted by Crippen LogP contribution is -2.34. The van der Waals surface area contributed by atoms with E-state index in [1.807, 2.05) is 18.2 Å².